The number of halogens is 1. The number of carbonyl (C=O) groups is 1. The molecule has 0 saturated carbocycles. The molecule has 0 aliphatic rings. The van der Waals surface area contributed by atoms with E-state index < -0.39 is 5.97 Å². The Kier molecular flexibility index (Phi) is 3.08. The van der Waals surface area contributed by atoms with Gasteiger partial charge in [-0.25, -0.2) is 9.78 Å². The minimum absolute atomic E-state index is 0.164. The van der Waals surface area contributed by atoms with Crippen molar-refractivity contribution in [1.29, 1.82) is 0 Å². The van der Waals surface area contributed by atoms with E-state index in [1.807, 2.05) is 0 Å². The average molecular weight is 202 g/mol. The number of ether oxygens (including phenoxy) is 2. The summed E-state index contributed by atoms with van der Waals surface area (Å²) in [4.78, 5) is 14.9. The maximum atomic E-state index is 11.1. The molecule has 1 aromatic rings. The van der Waals surface area contributed by atoms with E-state index in [1.54, 1.807) is 0 Å². The van der Waals surface area contributed by atoms with Gasteiger partial charge in [0.25, 0.3) is 0 Å². The molecular formula is C8H8ClNO3. The van der Waals surface area contributed by atoms with Crippen LogP contribution < -0.4 is 4.74 Å². The lowest BCUT2D eigenvalue weighted by molar-refractivity contribution is 0.0600. The number of esters is 1. The Morgan fingerprint density at radius 3 is 2.77 bits per heavy atom. The fourth-order valence-electron chi connectivity index (χ4n) is 0.834. The molecule has 1 aromatic heterocycles. The number of methoxy groups -OCH3 is 2. The summed E-state index contributed by atoms with van der Waals surface area (Å²) in [5.41, 5.74) is 0.246. The van der Waals surface area contributed by atoms with Crippen molar-refractivity contribution in [3.05, 3.63) is 22.8 Å². The van der Waals surface area contributed by atoms with Gasteiger partial charge in [-0.05, 0) is 6.07 Å². The summed E-state index contributed by atoms with van der Waals surface area (Å²) in [6.07, 6.45) is 1.43. The highest BCUT2D eigenvalue weighted by Gasteiger charge is 2.14. The number of pyridine rings is 1. The summed E-state index contributed by atoms with van der Waals surface area (Å²) < 4.78 is 9.34. The quantitative estimate of drug-likeness (QED) is 0.681. The summed E-state index contributed by atoms with van der Waals surface area (Å²) in [6.45, 7) is 0. The topological polar surface area (TPSA) is 48.4 Å². The summed E-state index contributed by atoms with van der Waals surface area (Å²) in [5.74, 6) is -0.296. The van der Waals surface area contributed by atoms with Crippen molar-refractivity contribution in [2.45, 2.75) is 0 Å². The van der Waals surface area contributed by atoms with Gasteiger partial charge in [0.05, 0.1) is 19.8 Å². The molecule has 0 amide bonds. The van der Waals surface area contributed by atoms with Crippen LogP contribution in [0.15, 0.2) is 12.3 Å². The smallest absolute Gasteiger partial charge is 0.339 e. The molecule has 0 aromatic carbocycles. The lowest BCUT2D eigenvalue weighted by Gasteiger charge is -2.04. The Hall–Kier alpha value is -1.29. The molecular weight excluding hydrogens is 194 g/mol. The summed E-state index contributed by atoms with van der Waals surface area (Å²) >= 11 is 5.79. The van der Waals surface area contributed by atoms with Crippen LogP contribution in [0.2, 0.25) is 5.02 Å². The largest absolute Gasteiger partial charge is 0.480 e. The molecule has 5 heteroatoms. The molecule has 0 unspecified atom stereocenters. The molecule has 0 N–H and O–H groups in total. The van der Waals surface area contributed by atoms with Gasteiger partial charge in [0.1, 0.15) is 5.02 Å². The number of hydrogen-bond donors (Lipinski definition) is 0. The third kappa shape index (κ3) is 1.89. The van der Waals surface area contributed by atoms with Crippen molar-refractivity contribution < 1.29 is 14.3 Å². The van der Waals surface area contributed by atoms with E-state index >= 15 is 0 Å². The zero-order valence-electron chi connectivity index (χ0n) is 7.20. The molecule has 0 aliphatic heterocycles. The van der Waals surface area contributed by atoms with Crippen molar-refractivity contribution in [3.63, 3.8) is 0 Å². The standard InChI is InChI=1S/C8H8ClNO3/c1-12-7-6(9)5(3-4-10-7)8(11)13-2/h3-4H,1-2H3. The number of aromatic nitrogens is 1. The number of rotatable bonds is 2. The summed E-state index contributed by atoms with van der Waals surface area (Å²) in [7, 11) is 2.71. The maximum Gasteiger partial charge on any atom is 0.339 e. The van der Waals surface area contributed by atoms with Crippen molar-refractivity contribution in [3.8, 4) is 5.88 Å². The fraction of sp³-hybridized carbons (Fsp3) is 0.250. The van der Waals surface area contributed by atoms with Crippen LogP contribution in [-0.4, -0.2) is 25.2 Å². The Morgan fingerprint density at radius 1 is 1.54 bits per heavy atom. The van der Waals surface area contributed by atoms with Crippen LogP contribution in [0.5, 0.6) is 5.88 Å². The SMILES string of the molecule is COC(=O)c1ccnc(OC)c1Cl. The zero-order chi connectivity index (χ0) is 9.84. The van der Waals surface area contributed by atoms with Gasteiger partial charge in [0.15, 0.2) is 0 Å². The van der Waals surface area contributed by atoms with Crippen LogP contribution in [0.1, 0.15) is 10.4 Å². The van der Waals surface area contributed by atoms with Gasteiger partial charge < -0.3 is 9.47 Å². The molecule has 0 atom stereocenters. The zero-order valence-corrected chi connectivity index (χ0v) is 7.96. The second kappa shape index (κ2) is 4.09. The highest BCUT2D eigenvalue weighted by molar-refractivity contribution is 6.34. The van der Waals surface area contributed by atoms with Crippen LogP contribution in [0.25, 0.3) is 0 Å². The lowest BCUT2D eigenvalue weighted by Crippen LogP contribution is -2.03. The van der Waals surface area contributed by atoms with Crippen LogP contribution in [0.3, 0.4) is 0 Å². The minimum atomic E-state index is -0.509. The predicted molar refractivity (Wildman–Crippen MR) is 47.1 cm³/mol. The molecule has 13 heavy (non-hydrogen) atoms. The van der Waals surface area contributed by atoms with E-state index in [9.17, 15) is 4.79 Å². The molecule has 0 bridgehead atoms. The molecule has 0 saturated heterocycles. The van der Waals surface area contributed by atoms with E-state index in [2.05, 4.69) is 9.72 Å². The highest BCUT2D eigenvalue weighted by atomic mass is 35.5. The molecule has 0 aliphatic carbocycles. The minimum Gasteiger partial charge on any atom is -0.480 e. The molecule has 0 fully saturated rings. The Labute approximate surface area is 80.4 Å². The van der Waals surface area contributed by atoms with Crippen molar-refractivity contribution >= 4 is 17.6 Å². The Balaban J connectivity index is 3.15. The van der Waals surface area contributed by atoms with Gasteiger partial charge >= 0.3 is 5.97 Å². The molecule has 0 radical (unpaired) electrons. The highest BCUT2D eigenvalue weighted by Crippen LogP contribution is 2.25. The van der Waals surface area contributed by atoms with E-state index in [-0.39, 0.29) is 16.5 Å². The van der Waals surface area contributed by atoms with Gasteiger partial charge in [0, 0.05) is 6.20 Å². The second-order valence-electron chi connectivity index (χ2n) is 2.17. The number of nitrogens with zero attached hydrogens (tertiary/aromatic N) is 1. The summed E-state index contributed by atoms with van der Waals surface area (Å²) in [5, 5.41) is 0.164. The first-order chi connectivity index (χ1) is 6.20. The first-order valence-corrected chi connectivity index (χ1v) is 3.85. The fourth-order valence-corrected chi connectivity index (χ4v) is 1.10. The van der Waals surface area contributed by atoms with Crippen molar-refractivity contribution in [2.75, 3.05) is 14.2 Å². The normalized spacial score (nSPS) is 9.46. The van der Waals surface area contributed by atoms with Gasteiger partial charge in [-0.1, -0.05) is 11.6 Å². The van der Waals surface area contributed by atoms with Gasteiger partial charge in [-0.3, -0.25) is 0 Å². The Bertz CT molecular complexity index is 327. The second-order valence-corrected chi connectivity index (χ2v) is 2.55. The molecule has 70 valence electrons. The maximum absolute atomic E-state index is 11.1. The van der Waals surface area contributed by atoms with E-state index in [0.717, 1.165) is 0 Å². The van der Waals surface area contributed by atoms with Crippen molar-refractivity contribution in [2.24, 2.45) is 0 Å². The first-order valence-electron chi connectivity index (χ1n) is 3.47. The monoisotopic (exact) mass is 201 g/mol. The number of hydrogen-bond acceptors (Lipinski definition) is 4. The van der Waals surface area contributed by atoms with Crippen LogP contribution >= 0.6 is 11.6 Å². The summed E-state index contributed by atoms with van der Waals surface area (Å²) in [6, 6.07) is 1.47. The van der Waals surface area contributed by atoms with Crippen LogP contribution in [0, 0.1) is 0 Å². The van der Waals surface area contributed by atoms with Gasteiger partial charge in [-0.15, -0.1) is 0 Å². The van der Waals surface area contributed by atoms with Crippen LogP contribution in [0.4, 0.5) is 0 Å². The van der Waals surface area contributed by atoms with Gasteiger partial charge in [0.2, 0.25) is 5.88 Å². The van der Waals surface area contributed by atoms with Crippen molar-refractivity contribution in [1.82, 2.24) is 4.98 Å². The van der Waals surface area contributed by atoms with E-state index in [4.69, 9.17) is 16.3 Å². The lowest BCUT2D eigenvalue weighted by atomic mass is 10.3. The van der Waals surface area contributed by atoms with E-state index in [1.165, 1.54) is 26.5 Å². The molecule has 0 spiro atoms. The van der Waals surface area contributed by atoms with Crippen LogP contribution in [-0.2, 0) is 4.74 Å². The van der Waals surface area contributed by atoms with E-state index in [0.29, 0.717) is 0 Å². The third-order valence-electron chi connectivity index (χ3n) is 1.46. The molecule has 1 rings (SSSR count). The molecule has 4 nitrogen and oxygen atoms in total. The van der Waals surface area contributed by atoms with Gasteiger partial charge in [-0.2, -0.15) is 0 Å². The number of carbonyl (C=O) groups excluding carboxylic acids is 1. The third-order valence-corrected chi connectivity index (χ3v) is 1.82. The first kappa shape index (κ1) is 9.80. The average Bonchev–Trinajstić information content (AvgIpc) is 2.17. The molecule has 1 heterocycles. The Morgan fingerprint density at radius 2 is 2.23 bits per heavy atom. The predicted octanol–water partition coefficient (Wildman–Crippen LogP) is 1.53.